The van der Waals surface area contributed by atoms with Crippen LogP contribution in [0.3, 0.4) is 0 Å². The van der Waals surface area contributed by atoms with E-state index in [0.29, 0.717) is 38.8 Å². The highest BCUT2D eigenvalue weighted by atomic mass is 35.5. The molecule has 6 aromatic rings. The van der Waals surface area contributed by atoms with Crippen molar-refractivity contribution in [2.45, 2.75) is 13.8 Å². The lowest BCUT2D eigenvalue weighted by molar-refractivity contribution is 0.370. The lowest BCUT2D eigenvalue weighted by Gasteiger charge is -2.11. The van der Waals surface area contributed by atoms with E-state index in [1.165, 1.54) is 4.68 Å². The molecule has 0 spiro atoms. The SMILES string of the molecule is C#CCOc1ccc(-n2c(C)cc(C=Nn3c(-c4cc5cc(Cl)ccc5o4)nc4ccccc4c3=O)c2C)cc1. The Hall–Kier alpha value is -5.06. The molecule has 3 heterocycles. The number of fused-ring (bicyclic) bond motifs is 2. The summed E-state index contributed by atoms with van der Waals surface area (Å²) in [7, 11) is 0. The van der Waals surface area contributed by atoms with Crippen molar-refractivity contribution in [1.82, 2.24) is 14.2 Å². The summed E-state index contributed by atoms with van der Waals surface area (Å²) in [6.45, 7) is 4.23. The molecule has 7 nitrogen and oxygen atoms in total. The molecule has 40 heavy (non-hydrogen) atoms. The van der Waals surface area contributed by atoms with E-state index in [4.69, 9.17) is 32.2 Å². The van der Waals surface area contributed by atoms with Gasteiger partial charge in [-0.2, -0.15) is 9.78 Å². The molecule has 8 heteroatoms. The third-order valence-corrected chi connectivity index (χ3v) is 6.89. The lowest BCUT2D eigenvalue weighted by Crippen LogP contribution is -2.20. The molecule has 0 radical (unpaired) electrons. The van der Waals surface area contributed by atoms with Crippen LogP contribution in [0.1, 0.15) is 17.0 Å². The summed E-state index contributed by atoms with van der Waals surface area (Å²) < 4.78 is 15.0. The molecule has 0 aliphatic heterocycles. The predicted octanol–water partition coefficient (Wildman–Crippen LogP) is 6.76. The Labute approximate surface area is 234 Å². The molecule has 3 aromatic heterocycles. The zero-order valence-corrected chi connectivity index (χ0v) is 22.5. The predicted molar refractivity (Wildman–Crippen MR) is 159 cm³/mol. The molecular weight excluding hydrogens is 524 g/mol. The number of ether oxygens (including phenoxy) is 1. The van der Waals surface area contributed by atoms with Gasteiger partial charge in [0.05, 0.1) is 17.1 Å². The van der Waals surface area contributed by atoms with E-state index in [9.17, 15) is 4.79 Å². The Morgan fingerprint density at radius 1 is 1.07 bits per heavy atom. The molecule has 0 N–H and O–H groups in total. The number of para-hydroxylation sites is 1. The Bertz CT molecular complexity index is 2020. The van der Waals surface area contributed by atoms with Gasteiger partial charge in [-0.1, -0.05) is 29.7 Å². The fourth-order valence-electron chi connectivity index (χ4n) is 4.77. The molecule has 196 valence electrons. The summed E-state index contributed by atoms with van der Waals surface area (Å²) in [5.74, 6) is 3.88. The molecule has 0 aliphatic carbocycles. The number of terminal acetylenes is 1. The van der Waals surface area contributed by atoms with Crippen LogP contribution in [0, 0.1) is 26.2 Å². The average Bonchev–Trinajstić information content (AvgIpc) is 3.50. The molecule has 0 amide bonds. The Morgan fingerprint density at radius 2 is 1.88 bits per heavy atom. The Kier molecular flexibility index (Phi) is 6.47. The number of halogens is 1. The van der Waals surface area contributed by atoms with Crippen molar-refractivity contribution in [3.8, 4) is 35.4 Å². The quantitative estimate of drug-likeness (QED) is 0.171. The minimum absolute atomic E-state index is 0.217. The first-order valence-corrected chi connectivity index (χ1v) is 12.9. The largest absolute Gasteiger partial charge is 0.481 e. The van der Waals surface area contributed by atoms with Crippen LogP contribution in [0.4, 0.5) is 0 Å². The first-order chi connectivity index (χ1) is 19.4. The van der Waals surface area contributed by atoms with Crippen LogP contribution in [0.5, 0.6) is 5.75 Å². The summed E-state index contributed by atoms with van der Waals surface area (Å²) >= 11 is 6.18. The number of hydrogen-bond donors (Lipinski definition) is 0. The number of hydrogen-bond acceptors (Lipinski definition) is 5. The van der Waals surface area contributed by atoms with Crippen LogP contribution in [-0.2, 0) is 0 Å². The third kappa shape index (κ3) is 4.55. The highest BCUT2D eigenvalue weighted by Crippen LogP contribution is 2.29. The number of aryl methyl sites for hydroxylation is 1. The van der Waals surface area contributed by atoms with Crippen molar-refractivity contribution in [3.05, 3.63) is 111 Å². The van der Waals surface area contributed by atoms with Gasteiger partial charge < -0.3 is 13.7 Å². The van der Waals surface area contributed by atoms with Crippen molar-refractivity contribution >= 4 is 39.7 Å². The normalized spacial score (nSPS) is 11.4. The van der Waals surface area contributed by atoms with Crippen LogP contribution < -0.4 is 10.3 Å². The standard InChI is InChI=1S/C32H23ClN4O3/c1-4-15-39-26-12-10-25(11-13-26)36-20(2)16-23(21(36)3)19-34-37-31(35-28-8-6-5-7-27(28)32(37)38)30-18-22-17-24(33)9-14-29(22)40-30/h1,5-14,16-19H,15H2,2-3H3. The van der Waals surface area contributed by atoms with E-state index in [2.05, 4.69) is 15.6 Å². The maximum absolute atomic E-state index is 13.6. The van der Waals surface area contributed by atoms with Gasteiger partial charge in [0.1, 0.15) is 17.9 Å². The van der Waals surface area contributed by atoms with Crippen LogP contribution in [0.25, 0.3) is 39.1 Å². The van der Waals surface area contributed by atoms with Gasteiger partial charge in [0, 0.05) is 33.0 Å². The first-order valence-electron chi connectivity index (χ1n) is 12.5. The monoisotopic (exact) mass is 546 g/mol. The van der Waals surface area contributed by atoms with E-state index >= 15 is 0 Å². The van der Waals surface area contributed by atoms with Crippen LogP contribution in [0.15, 0.2) is 93.2 Å². The van der Waals surface area contributed by atoms with E-state index in [1.807, 2.05) is 56.3 Å². The van der Waals surface area contributed by atoms with Gasteiger partial charge in [-0.15, -0.1) is 6.42 Å². The van der Waals surface area contributed by atoms with Gasteiger partial charge in [0.25, 0.3) is 5.56 Å². The summed E-state index contributed by atoms with van der Waals surface area (Å²) in [6, 6.07) is 24.1. The van der Waals surface area contributed by atoms with Crippen molar-refractivity contribution in [1.29, 1.82) is 0 Å². The average molecular weight is 547 g/mol. The molecule has 6 rings (SSSR count). The minimum atomic E-state index is -0.299. The van der Waals surface area contributed by atoms with Crippen molar-refractivity contribution in [2.24, 2.45) is 5.10 Å². The maximum atomic E-state index is 13.6. The second kappa shape index (κ2) is 10.3. The van der Waals surface area contributed by atoms with Gasteiger partial charge in [-0.25, -0.2) is 4.98 Å². The zero-order chi connectivity index (χ0) is 27.8. The van der Waals surface area contributed by atoms with E-state index < -0.39 is 0 Å². The Balaban J connectivity index is 1.44. The molecule has 0 fully saturated rings. The number of rotatable bonds is 6. The summed E-state index contributed by atoms with van der Waals surface area (Å²) in [4.78, 5) is 18.4. The third-order valence-electron chi connectivity index (χ3n) is 6.65. The summed E-state index contributed by atoms with van der Waals surface area (Å²) in [5.41, 5.74) is 4.68. The number of benzene rings is 3. The van der Waals surface area contributed by atoms with Gasteiger partial charge >= 0.3 is 0 Å². The molecule has 0 aliphatic rings. The first kappa shape index (κ1) is 25.2. The second-order valence-corrected chi connectivity index (χ2v) is 9.69. The fourth-order valence-corrected chi connectivity index (χ4v) is 4.95. The smallest absolute Gasteiger partial charge is 0.282 e. The van der Waals surface area contributed by atoms with Gasteiger partial charge in [0.15, 0.2) is 5.76 Å². The molecule has 0 atom stereocenters. The highest BCUT2D eigenvalue weighted by molar-refractivity contribution is 6.31. The Morgan fingerprint density at radius 3 is 2.67 bits per heavy atom. The lowest BCUT2D eigenvalue weighted by atomic mass is 10.2. The topological polar surface area (TPSA) is 74.6 Å². The van der Waals surface area contributed by atoms with Crippen LogP contribution >= 0.6 is 11.6 Å². The second-order valence-electron chi connectivity index (χ2n) is 9.26. The molecular formula is C32H23ClN4O3. The van der Waals surface area contributed by atoms with Crippen molar-refractivity contribution < 1.29 is 9.15 Å². The molecule has 3 aromatic carbocycles. The van der Waals surface area contributed by atoms with Crippen molar-refractivity contribution in [3.63, 3.8) is 0 Å². The number of furan rings is 1. The van der Waals surface area contributed by atoms with Crippen molar-refractivity contribution in [2.75, 3.05) is 6.61 Å². The van der Waals surface area contributed by atoms with E-state index in [1.54, 1.807) is 42.6 Å². The number of nitrogens with zero attached hydrogens (tertiary/aromatic N) is 4. The van der Waals surface area contributed by atoms with Crippen LogP contribution in [-0.4, -0.2) is 27.0 Å². The summed E-state index contributed by atoms with van der Waals surface area (Å²) in [6.07, 6.45) is 6.96. The molecule has 0 unspecified atom stereocenters. The summed E-state index contributed by atoms with van der Waals surface area (Å²) in [5, 5.41) is 6.48. The molecule has 0 saturated heterocycles. The van der Waals surface area contributed by atoms with Gasteiger partial charge in [-0.3, -0.25) is 4.79 Å². The number of aromatic nitrogens is 3. The van der Waals surface area contributed by atoms with Gasteiger partial charge in [-0.05, 0) is 80.6 Å². The molecule has 0 bridgehead atoms. The fraction of sp³-hybridized carbons (Fsp3) is 0.0938. The molecule has 0 saturated carbocycles. The van der Waals surface area contributed by atoms with Gasteiger partial charge in [0.2, 0.25) is 5.82 Å². The van der Waals surface area contributed by atoms with Crippen LogP contribution in [0.2, 0.25) is 5.02 Å². The highest BCUT2D eigenvalue weighted by Gasteiger charge is 2.17. The van der Waals surface area contributed by atoms with E-state index in [0.717, 1.165) is 28.0 Å². The zero-order valence-electron chi connectivity index (χ0n) is 21.8. The van der Waals surface area contributed by atoms with E-state index in [-0.39, 0.29) is 12.2 Å². The minimum Gasteiger partial charge on any atom is -0.481 e. The maximum Gasteiger partial charge on any atom is 0.282 e.